The topological polar surface area (TPSA) is 110 Å². The number of aliphatic hydroxyl groups is 2. The first-order chi connectivity index (χ1) is 7.29. The second kappa shape index (κ2) is 5.77. The monoisotopic (exact) mass is 249 g/mol. The average molecular weight is 249 g/mol. The molecule has 2 unspecified atom stereocenters. The number of ether oxygens (including phenoxy) is 1. The van der Waals surface area contributed by atoms with Gasteiger partial charge in [0.15, 0.2) is 0 Å². The minimum absolute atomic E-state index is 0. The third kappa shape index (κ3) is 3.38. The Morgan fingerprint density at radius 1 is 1.47 bits per heavy atom. The number of aliphatic hydroxyl groups excluding tert-OH is 2. The third-order valence-corrected chi connectivity index (χ3v) is 3.21. The van der Waals surface area contributed by atoms with Gasteiger partial charge in [0.05, 0.1) is 30.5 Å². The summed E-state index contributed by atoms with van der Waals surface area (Å²) >= 11 is 0. The Morgan fingerprint density at radius 2 is 2.00 bits per heavy atom. The molecule has 102 valence electrons. The average Bonchev–Trinajstić information content (AvgIpc) is 2.18. The predicted molar refractivity (Wildman–Crippen MR) is 62.4 cm³/mol. The van der Waals surface area contributed by atoms with E-state index >= 15 is 0 Å². The summed E-state index contributed by atoms with van der Waals surface area (Å²) in [4.78, 5) is 11.1. The molecule has 0 aromatic heterocycles. The number of carbonyl (C=O) groups is 1. The van der Waals surface area contributed by atoms with E-state index in [0.717, 1.165) is 0 Å². The molecule has 5 N–H and O–H groups in total. The summed E-state index contributed by atoms with van der Waals surface area (Å²) in [5.74, 6) is -0.412. The molecule has 4 atom stereocenters. The van der Waals surface area contributed by atoms with Crippen molar-refractivity contribution < 1.29 is 25.2 Å². The number of nitrogens with one attached hydrogen (secondary N) is 1. The van der Waals surface area contributed by atoms with Gasteiger partial charge in [-0.1, -0.05) is 6.92 Å². The molecular weight excluding hydrogens is 226 g/mol. The van der Waals surface area contributed by atoms with Crippen LogP contribution in [-0.2, 0) is 9.53 Å². The fraction of sp³-hybridized carbons (Fsp3) is 0.909. The van der Waals surface area contributed by atoms with Gasteiger partial charge in [-0.3, -0.25) is 4.79 Å². The maximum absolute atomic E-state index is 11.1. The van der Waals surface area contributed by atoms with E-state index in [2.05, 4.69) is 5.32 Å². The first-order valence-corrected chi connectivity index (χ1v) is 5.53. The molecule has 0 aliphatic carbocycles. The van der Waals surface area contributed by atoms with Gasteiger partial charge >= 0.3 is 0 Å². The lowest BCUT2D eigenvalue weighted by atomic mass is 9.81. The summed E-state index contributed by atoms with van der Waals surface area (Å²) < 4.78 is 5.69. The molecule has 1 heterocycles. The molecule has 0 aromatic carbocycles. The smallest absolute Gasteiger partial charge is 0.217 e. The third-order valence-electron chi connectivity index (χ3n) is 3.21. The van der Waals surface area contributed by atoms with Crippen LogP contribution in [0.3, 0.4) is 0 Å². The Bertz CT molecular complexity index is 269. The van der Waals surface area contributed by atoms with Gasteiger partial charge in [0.2, 0.25) is 5.91 Å². The standard InChI is InChI=1S/C11H21NO4.H2O/c1-6-8(5-13)16-11(3,4)10(9(6)15)12-7(2)14;/h6,8-10,13,15H,5H2,1-4H3,(H,12,14);1H2/t6-,8?,9-,10?;/m1./s1. The molecule has 1 aliphatic heterocycles. The van der Waals surface area contributed by atoms with Gasteiger partial charge in [-0.05, 0) is 13.8 Å². The quantitative estimate of drug-likeness (QED) is 0.573. The van der Waals surface area contributed by atoms with E-state index in [0.29, 0.717) is 0 Å². The van der Waals surface area contributed by atoms with E-state index in [9.17, 15) is 9.90 Å². The van der Waals surface area contributed by atoms with Crippen LogP contribution in [0.2, 0.25) is 0 Å². The second-order valence-corrected chi connectivity index (χ2v) is 4.97. The number of hydrogen-bond donors (Lipinski definition) is 3. The molecule has 0 spiro atoms. The van der Waals surface area contributed by atoms with E-state index in [1.165, 1.54) is 6.92 Å². The van der Waals surface area contributed by atoms with Crippen molar-refractivity contribution in [3.8, 4) is 0 Å². The van der Waals surface area contributed by atoms with Crippen molar-refractivity contribution in [2.24, 2.45) is 5.92 Å². The number of rotatable bonds is 2. The highest BCUT2D eigenvalue weighted by Crippen LogP contribution is 2.32. The van der Waals surface area contributed by atoms with Crippen molar-refractivity contribution in [3.05, 3.63) is 0 Å². The fourth-order valence-corrected chi connectivity index (χ4v) is 2.19. The Morgan fingerprint density at radius 3 is 2.41 bits per heavy atom. The van der Waals surface area contributed by atoms with Crippen molar-refractivity contribution in [3.63, 3.8) is 0 Å². The summed E-state index contributed by atoms with van der Waals surface area (Å²) in [6.45, 7) is 6.67. The van der Waals surface area contributed by atoms with Crippen molar-refractivity contribution in [2.75, 3.05) is 6.61 Å². The maximum Gasteiger partial charge on any atom is 0.217 e. The minimum Gasteiger partial charge on any atom is -0.412 e. The zero-order valence-corrected chi connectivity index (χ0v) is 10.7. The van der Waals surface area contributed by atoms with Crippen LogP contribution in [0, 0.1) is 5.92 Å². The van der Waals surface area contributed by atoms with Crippen molar-refractivity contribution in [1.82, 2.24) is 5.32 Å². The summed E-state index contributed by atoms with van der Waals surface area (Å²) in [6.07, 6.45) is -1.11. The van der Waals surface area contributed by atoms with Crippen LogP contribution < -0.4 is 5.32 Å². The normalized spacial score (nSPS) is 35.9. The lowest BCUT2D eigenvalue weighted by Gasteiger charge is -2.48. The van der Waals surface area contributed by atoms with Gasteiger partial charge in [0.1, 0.15) is 0 Å². The van der Waals surface area contributed by atoms with Gasteiger partial charge in [-0.2, -0.15) is 0 Å². The van der Waals surface area contributed by atoms with Crippen LogP contribution in [-0.4, -0.2) is 52.1 Å². The molecule has 1 fully saturated rings. The van der Waals surface area contributed by atoms with Gasteiger partial charge in [0.25, 0.3) is 0 Å². The summed E-state index contributed by atoms with van der Waals surface area (Å²) in [7, 11) is 0. The first-order valence-electron chi connectivity index (χ1n) is 5.53. The molecule has 1 rings (SSSR count). The molecule has 0 saturated carbocycles. The predicted octanol–water partition coefficient (Wildman–Crippen LogP) is -1.17. The number of carbonyl (C=O) groups excluding carboxylic acids is 1. The number of amides is 1. The summed E-state index contributed by atoms with van der Waals surface area (Å²) in [5.41, 5.74) is -0.689. The highest BCUT2D eigenvalue weighted by molar-refractivity contribution is 5.73. The van der Waals surface area contributed by atoms with E-state index < -0.39 is 23.9 Å². The van der Waals surface area contributed by atoms with Gasteiger partial charge < -0.3 is 25.7 Å². The van der Waals surface area contributed by atoms with Crippen molar-refractivity contribution in [2.45, 2.75) is 51.5 Å². The largest absolute Gasteiger partial charge is 0.412 e. The molecular formula is C11H23NO5. The highest BCUT2D eigenvalue weighted by Gasteiger charge is 2.47. The van der Waals surface area contributed by atoms with Crippen LogP contribution in [0.15, 0.2) is 0 Å². The molecule has 6 nitrogen and oxygen atoms in total. The molecule has 1 aliphatic rings. The van der Waals surface area contributed by atoms with Crippen LogP contribution in [0.5, 0.6) is 0 Å². The lowest BCUT2D eigenvalue weighted by Crippen LogP contribution is -2.65. The molecule has 6 heteroatoms. The maximum atomic E-state index is 11.1. The highest BCUT2D eigenvalue weighted by atomic mass is 16.5. The Hall–Kier alpha value is -0.690. The Labute approximate surface area is 101 Å². The molecule has 0 radical (unpaired) electrons. The fourth-order valence-electron chi connectivity index (χ4n) is 2.19. The Balaban J connectivity index is 0.00000256. The zero-order valence-electron chi connectivity index (χ0n) is 10.7. The molecule has 1 amide bonds. The van der Waals surface area contributed by atoms with Crippen molar-refractivity contribution >= 4 is 5.91 Å². The molecule has 17 heavy (non-hydrogen) atoms. The molecule has 0 aromatic rings. The van der Waals surface area contributed by atoms with E-state index in [4.69, 9.17) is 9.84 Å². The van der Waals surface area contributed by atoms with Crippen LogP contribution in [0.25, 0.3) is 0 Å². The van der Waals surface area contributed by atoms with Gasteiger partial charge in [-0.25, -0.2) is 0 Å². The SMILES string of the molecule is CC(=O)NC1[C@H](O)[C@H](C)C(CO)OC1(C)C.O. The van der Waals surface area contributed by atoms with E-state index in [1.54, 1.807) is 20.8 Å². The van der Waals surface area contributed by atoms with Gasteiger partial charge in [-0.15, -0.1) is 0 Å². The lowest BCUT2D eigenvalue weighted by molar-refractivity contribution is -0.202. The molecule has 1 saturated heterocycles. The van der Waals surface area contributed by atoms with Crippen LogP contribution >= 0.6 is 0 Å². The van der Waals surface area contributed by atoms with Crippen LogP contribution in [0.1, 0.15) is 27.7 Å². The summed E-state index contributed by atoms with van der Waals surface area (Å²) in [5, 5.41) is 22.0. The first kappa shape index (κ1) is 16.3. The zero-order chi connectivity index (χ0) is 12.5. The van der Waals surface area contributed by atoms with Crippen molar-refractivity contribution in [1.29, 1.82) is 0 Å². The van der Waals surface area contributed by atoms with E-state index in [1.807, 2.05) is 0 Å². The van der Waals surface area contributed by atoms with Crippen LogP contribution in [0.4, 0.5) is 0 Å². The Kier molecular flexibility index (Phi) is 5.54. The summed E-state index contributed by atoms with van der Waals surface area (Å²) in [6, 6.07) is -0.456. The number of hydrogen-bond acceptors (Lipinski definition) is 4. The minimum atomic E-state index is -0.718. The van der Waals surface area contributed by atoms with E-state index in [-0.39, 0.29) is 23.9 Å². The molecule has 0 bridgehead atoms. The second-order valence-electron chi connectivity index (χ2n) is 4.97. The van der Waals surface area contributed by atoms with Gasteiger partial charge in [0, 0.05) is 12.8 Å².